The van der Waals surface area contributed by atoms with Gasteiger partial charge in [0.15, 0.2) is 0 Å². The van der Waals surface area contributed by atoms with Crippen LogP contribution in [0.4, 0.5) is 0 Å². The number of hydrogen-bond donors (Lipinski definition) is 2. The number of thioether (sulfide) groups is 1. The van der Waals surface area contributed by atoms with Gasteiger partial charge in [-0.1, -0.05) is 26.8 Å². The van der Waals surface area contributed by atoms with Crippen molar-refractivity contribution in [2.75, 3.05) is 6.26 Å². The topological polar surface area (TPSA) is 46.2 Å². The zero-order valence-corrected chi connectivity index (χ0v) is 11.8. The summed E-state index contributed by atoms with van der Waals surface area (Å²) in [4.78, 5) is 0.905. The summed E-state index contributed by atoms with van der Waals surface area (Å²) >= 11 is 1.55. The van der Waals surface area contributed by atoms with E-state index in [1.165, 1.54) is 5.56 Å². The molecule has 2 nitrogen and oxygen atoms in total. The summed E-state index contributed by atoms with van der Waals surface area (Å²) in [5.74, 6) is 0.331. The predicted octanol–water partition coefficient (Wildman–Crippen LogP) is 3.29. The van der Waals surface area contributed by atoms with Gasteiger partial charge < -0.3 is 10.8 Å². The molecule has 0 radical (unpaired) electrons. The summed E-state index contributed by atoms with van der Waals surface area (Å²) < 4.78 is 0. The summed E-state index contributed by atoms with van der Waals surface area (Å²) in [6.45, 7) is 6.85. The Bertz CT molecular complexity index is 336. The van der Waals surface area contributed by atoms with Crippen molar-refractivity contribution in [3.8, 4) is 5.75 Å². The molecule has 0 heterocycles. The highest BCUT2D eigenvalue weighted by Crippen LogP contribution is 2.35. The van der Waals surface area contributed by atoms with Crippen LogP contribution in [0.2, 0.25) is 0 Å². The molecule has 3 N–H and O–H groups in total. The van der Waals surface area contributed by atoms with Crippen molar-refractivity contribution in [1.82, 2.24) is 0 Å². The molecule has 0 atom stereocenters. The third-order valence-electron chi connectivity index (χ3n) is 2.46. The van der Waals surface area contributed by atoms with E-state index in [9.17, 15) is 5.11 Å². The Labute approximate surface area is 108 Å². The van der Waals surface area contributed by atoms with Crippen molar-refractivity contribution in [3.63, 3.8) is 0 Å². The molecule has 92 valence electrons. The minimum absolute atomic E-state index is 0. The maximum absolute atomic E-state index is 9.88. The van der Waals surface area contributed by atoms with Crippen molar-refractivity contribution >= 4 is 24.2 Å². The van der Waals surface area contributed by atoms with Gasteiger partial charge in [0.2, 0.25) is 0 Å². The molecule has 0 aromatic heterocycles. The SMILES string of the molecule is CSc1cc(C(C)(C)C)cc(CN)c1O.Cl. The monoisotopic (exact) mass is 261 g/mol. The van der Waals surface area contributed by atoms with Crippen LogP contribution in [0.1, 0.15) is 31.9 Å². The van der Waals surface area contributed by atoms with Crippen molar-refractivity contribution in [2.24, 2.45) is 5.73 Å². The average molecular weight is 262 g/mol. The van der Waals surface area contributed by atoms with E-state index in [0.717, 1.165) is 10.5 Å². The quantitative estimate of drug-likeness (QED) is 0.803. The maximum Gasteiger partial charge on any atom is 0.133 e. The summed E-state index contributed by atoms with van der Waals surface area (Å²) in [7, 11) is 0. The van der Waals surface area contributed by atoms with Crippen molar-refractivity contribution in [2.45, 2.75) is 37.6 Å². The molecule has 1 aromatic carbocycles. The molecule has 0 saturated heterocycles. The fraction of sp³-hybridized carbons (Fsp3) is 0.500. The largest absolute Gasteiger partial charge is 0.506 e. The van der Waals surface area contributed by atoms with Crippen molar-refractivity contribution < 1.29 is 5.11 Å². The predicted molar refractivity (Wildman–Crippen MR) is 73.7 cm³/mol. The lowest BCUT2D eigenvalue weighted by Gasteiger charge is -2.21. The van der Waals surface area contributed by atoms with Gasteiger partial charge in [-0.15, -0.1) is 24.2 Å². The molecule has 1 rings (SSSR count). The smallest absolute Gasteiger partial charge is 0.133 e. The van der Waals surface area contributed by atoms with Crippen LogP contribution < -0.4 is 5.73 Å². The summed E-state index contributed by atoms with van der Waals surface area (Å²) in [5.41, 5.74) is 7.74. The van der Waals surface area contributed by atoms with Crippen LogP contribution in [-0.2, 0) is 12.0 Å². The Kier molecular flexibility index (Phi) is 5.66. The molecular weight excluding hydrogens is 242 g/mol. The normalized spacial score (nSPS) is 11.1. The molecule has 0 fully saturated rings. The minimum Gasteiger partial charge on any atom is -0.506 e. The molecule has 1 aromatic rings. The maximum atomic E-state index is 9.88. The van der Waals surface area contributed by atoms with E-state index < -0.39 is 0 Å². The standard InChI is InChI=1S/C12H19NOS.ClH/c1-12(2,3)9-5-8(7-13)11(14)10(6-9)15-4;/h5-6,14H,7,13H2,1-4H3;1H. The zero-order chi connectivity index (χ0) is 11.6. The number of benzene rings is 1. The van der Waals surface area contributed by atoms with Gasteiger partial charge in [-0.2, -0.15) is 0 Å². The number of rotatable bonds is 2. The van der Waals surface area contributed by atoms with Crippen molar-refractivity contribution in [3.05, 3.63) is 23.3 Å². The lowest BCUT2D eigenvalue weighted by atomic mass is 9.86. The van der Waals surface area contributed by atoms with Gasteiger partial charge in [-0.3, -0.25) is 0 Å². The van der Waals surface area contributed by atoms with E-state index in [0.29, 0.717) is 12.3 Å². The van der Waals surface area contributed by atoms with Gasteiger partial charge >= 0.3 is 0 Å². The van der Waals surface area contributed by atoms with Gasteiger partial charge in [0.25, 0.3) is 0 Å². The Morgan fingerprint density at radius 3 is 2.25 bits per heavy atom. The molecule has 0 aliphatic rings. The van der Waals surface area contributed by atoms with Crippen LogP contribution >= 0.6 is 24.2 Å². The zero-order valence-electron chi connectivity index (χ0n) is 10.2. The van der Waals surface area contributed by atoms with Crippen LogP contribution in [-0.4, -0.2) is 11.4 Å². The highest BCUT2D eigenvalue weighted by atomic mass is 35.5. The lowest BCUT2D eigenvalue weighted by Crippen LogP contribution is -2.12. The number of halogens is 1. The molecule has 0 unspecified atom stereocenters. The first-order valence-electron chi connectivity index (χ1n) is 5.00. The van der Waals surface area contributed by atoms with E-state index >= 15 is 0 Å². The first kappa shape index (κ1) is 15.6. The third-order valence-corrected chi connectivity index (χ3v) is 3.21. The number of aromatic hydroxyl groups is 1. The second-order valence-electron chi connectivity index (χ2n) is 4.64. The number of phenols is 1. The molecule has 0 aliphatic heterocycles. The number of nitrogens with two attached hydrogens (primary N) is 1. The van der Waals surface area contributed by atoms with Crippen LogP contribution in [0.3, 0.4) is 0 Å². The van der Waals surface area contributed by atoms with Crippen LogP contribution in [0.15, 0.2) is 17.0 Å². The number of phenolic OH excluding ortho intramolecular Hbond substituents is 1. The van der Waals surface area contributed by atoms with Gasteiger partial charge in [-0.05, 0) is 23.3 Å². The van der Waals surface area contributed by atoms with Crippen LogP contribution in [0.5, 0.6) is 5.75 Å². The molecule has 0 aliphatic carbocycles. The molecule has 0 amide bonds. The highest BCUT2D eigenvalue weighted by molar-refractivity contribution is 7.98. The van der Waals surface area contributed by atoms with E-state index in [2.05, 4.69) is 20.8 Å². The summed E-state index contributed by atoms with van der Waals surface area (Å²) in [6.07, 6.45) is 1.96. The Hall–Kier alpha value is -0.380. The average Bonchev–Trinajstić information content (AvgIpc) is 2.16. The van der Waals surface area contributed by atoms with E-state index in [4.69, 9.17) is 5.73 Å². The highest BCUT2D eigenvalue weighted by Gasteiger charge is 2.17. The van der Waals surface area contributed by atoms with Crippen LogP contribution in [0.25, 0.3) is 0 Å². The van der Waals surface area contributed by atoms with Gasteiger partial charge in [-0.25, -0.2) is 0 Å². The van der Waals surface area contributed by atoms with E-state index in [1.54, 1.807) is 11.8 Å². The molecule has 0 saturated carbocycles. The fourth-order valence-corrected chi connectivity index (χ4v) is 1.98. The van der Waals surface area contributed by atoms with Gasteiger partial charge in [0, 0.05) is 17.0 Å². The van der Waals surface area contributed by atoms with Gasteiger partial charge in [0.1, 0.15) is 5.75 Å². The second kappa shape index (κ2) is 5.80. The Morgan fingerprint density at radius 2 is 1.88 bits per heavy atom. The minimum atomic E-state index is 0. The van der Waals surface area contributed by atoms with Crippen LogP contribution in [0, 0.1) is 0 Å². The number of hydrogen-bond acceptors (Lipinski definition) is 3. The first-order valence-corrected chi connectivity index (χ1v) is 6.23. The molecule has 0 bridgehead atoms. The lowest BCUT2D eigenvalue weighted by molar-refractivity contribution is 0.453. The van der Waals surface area contributed by atoms with E-state index in [1.807, 2.05) is 18.4 Å². The van der Waals surface area contributed by atoms with Crippen molar-refractivity contribution in [1.29, 1.82) is 0 Å². The first-order chi connectivity index (χ1) is 6.90. The Balaban J connectivity index is 0.00000225. The molecule has 16 heavy (non-hydrogen) atoms. The fourth-order valence-electron chi connectivity index (χ4n) is 1.41. The molecule has 4 heteroatoms. The molecule has 0 spiro atoms. The summed E-state index contributed by atoms with van der Waals surface area (Å²) in [5, 5.41) is 9.88. The van der Waals surface area contributed by atoms with E-state index in [-0.39, 0.29) is 17.8 Å². The molecular formula is C12H20ClNOS. The second-order valence-corrected chi connectivity index (χ2v) is 5.49. The van der Waals surface area contributed by atoms with Gasteiger partial charge in [0.05, 0.1) is 0 Å². The Morgan fingerprint density at radius 1 is 1.31 bits per heavy atom. The summed E-state index contributed by atoms with van der Waals surface area (Å²) in [6, 6.07) is 4.04. The third kappa shape index (κ3) is 3.30.